The maximum Gasteiger partial charge on any atom is 0.164 e. The third kappa shape index (κ3) is 6.88. The lowest BCUT2D eigenvalue weighted by atomic mass is 9.91. The highest BCUT2D eigenvalue weighted by atomic mass is 16.5. The molecule has 0 amide bonds. The lowest BCUT2D eigenvalue weighted by Gasteiger charge is -2.14. The molecule has 0 fully saturated rings. The van der Waals surface area contributed by atoms with Crippen LogP contribution in [0.15, 0.2) is 200 Å². The minimum Gasteiger partial charge on any atom is -0.457 e. The van der Waals surface area contributed by atoms with E-state index in [-0.39, 0.29) is 0 Å². The first-order valence-corrected chi connectivity index (χ1v) is 18.8. The lowest BCUT2D eigenvalue weighted by molar-refractivity contribution is 0.483. The largest absolute Gasteiger partial charge is 0.457 e. The van der Waals surface area contributed by atoms with Gasteiger partial charge >= 0.3 is 0 Å². The number of hydrogen-bond donors (Lipinski definition) is 0. The molecule has 3 heterocycles. The Bertz CT molecular complexity index is 2860. The maximum absolute atomic E-state index is 6.36. The van der Waals surface area contributed by atoms with Crippen LogP contribution in [0.4, 0.5) is 0 Å². The average molecular weight is 732 g/mol. The maximum atomic E-state index is 6.36. The molecule has 0 N–H and O–H groups in total. The van der Waals surface area contributed by atoms with Crippen LogP contribution < -0.4 is 4.74 Å². The first-order chi connectivity index (χ1) is 28.2. The normalized spacial score (nSPS) is 11.2. The van der Waals surface area contributed by atoms with Gasteiger partial charge in [0.05, 0.1) is 11.0 Å². The number of benzene rings is 7. The SMILES string of the molecule is c1ccc(-c2nc(-c3ccccc3)nc(-c3ccc(Oc4ccc(-c5cc(-c6cccc7cccnc67)cc(-c6cccc7cccnc67)c5)cc4)cc3)n2)cc1. The number of pyridine rings is 2. The molecule has 0 radical (unpaired) electrons. The fraction of sp³-hybridized carbons (Fsp3) is 0. The van der Waals surface area contributed by atoms with Crippen LogP contribution in [0.5, 0.6) is 11.5 Å². The second-order valence-electron chi connectivity index (χ2n) is 13.7. The zero-order valence-electron chi connectivity index (χ0n) is 30.7. The molecule has 0 saturated heterocycles. The highest BCUT2D eigenvalue weighted by molar-refractivity contribution is 5.98. The molecule has 0 bridgehead atoms. The highest BCUT2D eigenvalue weighted by Gasteiger charge is 2.15. The molecule has 10 rings (SSSR count). The molecule has 3 aromatic heterocycles. The summed E-state index contributed by atoms with van der Waals surface area (Å²) in [6, 6.07) is 63.7. The number of aromatic nitrogens is 5. The summed E-state index contributed by atoms with van der Waals surface area (Å²) >= 11 is 0. The molecule has 10 aromatic rings. The van der Waals surface area contributed by atoms with Gasteiger partial charge in [0.15, 0.2) is 17.5 Å². The predicted molar refractivity (Wildman–Crippen MR) is 230 cm³/mol. The van der Waals surface area contributed by atoms with Crippen molar-refractivity contribution in [3.63, 3.8) is 0 Å². The van der Waals surface area contributed by atoms with E-state index in [1.54, 1.807) is 0 Å². The van der Waals surface area contributed by atoms with Crippen molar-refractivity contribution >= 4 is 21.8 Å². The molecule has 0 aliphatic heterocycles. The van der Waals surface area contributed by atoms with Gasteiger partial charge in [0.25, 0.3) is 0 Å². The molecule has 7 aromatic carbocycles. The molecular formula is C51H33N5O. The molecule has 57 heavy (non-hydrogen) atoms. The fourth-order valence-electron chi connectivity index (χ4n) is 7.24. The minimum absolute atomic E-state index is 0.596. The molecule has 268 valence electrons. The van der Waals surface area contributed by atoms with Crippen LogP contribution in [0.25, 0.3) is 89.4 Å². The Balaban J connectivity index is 0.966. The van der Waals surface area contributed by atoms with Gasteiger partial charge in [-0.1, -0.05) is 121 Å². The molecule has 0 saturated carbocycles. The Kier molecular flexibility index (Phi) is 8.74. The van der Waals surface area contributed by atoms with Crippen molar-refractivity contribution in [2.45, 2.75) is 0 Å². The first kappa shape index (κ1) is 33.7. The quantitative estimate of drug-likeness (QED) is 0.155. The third-order valence-corrected chi connectivity index (χ3v) is 10.1. The van der Waals surface area contributed by atoms with E-state index in [1.165, 1.54) is 0 Å². The molecule has 6 heteroatoms. The summed E-state index contributed by atoms with van der Waals surface area (Å²) in [6.07, 6.45) is 3.71. The zero-order chi connectivity index (χ0) is 38.0. The number of fused-ring (bicyclic) bond motifs is 2. The number of rotatable bonds is 8. The average Bonchev–Trinajstić information content (AvgIpc) is 3.29. The molecule has 0 unspecified atom stereocenters. The van der Waals surface area contributed by atoms with Crippen LogP contribution in [0, 0.1) is 0 Å². The second-order valence-corrected chi connectivity index (χ2v) is 13.7. The van der Waals surface area contributed by atoms with Gasteiger partial charge in [-0.3, -0.25) is 9.97 Å². The van der Waals surface area contributed by atoms with Crippen LogP contribution in [0.2, 0.25) is 0 Å². The molecular weight excluding hydrogens is 699 g/mol. The van der Waals surface area contributed by atoms with Crippen molar-refractivity contribution in [2.24, 2.45) is 0 Å². The lowest BCUT2D eigenvalue weighted by Crippen LogP contribution is -2.00. The van der Waals surface area contributed by atoms with Crippen molar-refractivity contribution in [3.8, 4) is 79.0 Å². The van der Waals surface area contributed by atoms with Gasteiger partial charge in [-0.2, -0.15) is 0 Å². The van der Waals surface area contributed by atoms with Crippen LogP contribution in [0.3, 0.4) is 0 Å². The van der Waals surface area contributed by atoms with E-state index in [9.17, 15) is 0 Å². The second kappa shape index (κ2) is 14.8. The summed E-state index contributed by atoms with van der Waals surface area (Å²) in [7, 11) is 0. The number of para-hydroxylation sites is 2. The van der Waals surface area contributed by atoms with E-state index in [2.05, 4.69) is 78.9 Å². The van der Waals surface area contributed by atoms with Crippen molar-refractivity contribution in [2.75, 3.05) is 0 Å². The third-order valence-electron chi connectivity index (χ3n) is 10.1. The Labute approximate surface area is 329 Å². The van der Waals surface area contributed by atoms with Crippen molar-refractivity contribution in [3.05, 3.63) is 200 Å². The summed E-state index contributed by atoms with van der Waals surface area (Å²) in [5, 5.41) is 2.20. The van der Waals surface area contributed by atoms with Gasteiger partial charge < -0.3 is 4.74 Å². The van der Waals surface area contributed by atoms with Crippen LogP contribution >= 0.6 is 0 Å². The molecule has 0 atom stereocenters. The van der Waals surface area contributed by atoms with E-state index in [1.807, 2.05) is 122 Å². The van der Waals surface area contributed by atoms with Crippen LogP contribution in [-0.2, 0) is 0 Å². The Hall–Kier alpha value is -7.83. The fourth-order valence-corrected chi connectivity index (χ4v) is 7.24. The van der Waals surface area contributed by atoms with Crippen molar-refractivity contribution < 1.29 is 4.74 Å². The number of nitrogens with zero attached hydrogens (tertiary/aromatic N) is 5. The van der Waals surface area contributed by atoms with Gasteiger partial charge in [0.1, 0.15) is 11.5 Å². The smallest absolute Gasteiger partial charge is 0.164 e. The van der Waals surface area contributed by atoms with Crippen LogP contribution in [0.1, 0.15) is 0 Å². The summed E-state index contributed by atoms with van der Waals surface area (Å²) in [6.45, 7) is 0. The summed E-state index contributed by atoms with van der Waals surface area (Å²) in [4.78, 5) is 24.1. The molecule has 0 spiro atoms. The van der Waals surface area contributed by atoms with E-state index in [4.69, 9.17) is 29.7 Å². The predicted octanol–water partition coefficient (Wildman–Crippen LogP) is 12.8. The highest BCUT2D eigenvalue weighted by Crippen LogP contribution is 2.38. The van der Waals surface area contributed by atoms with E-state index in [0.717, 1.165) is 77.6 Å². The standard InChI is InChI=1S/C51H33N5O/c1-3-11-37(12-4-1)49-54-50(38-13-5-2-6-14-38)56-51(55-49)39-23-27-44(28-24-39)57-43-25-21-34(22-26-43)40-31-41(45-19-7-15-35-17-9-29-52-47(35)45)33-42(32-40)46-20-8-16-36-18-10-30-53-48(36)46/h1-33H. The monoisotopic (exact) mass is 731 g/mol. The van der Waals surface area contributed by atoms with Gasteiger partial charge in [0.2, 0.25) is 0 Å². The van der Waals surface area contributed by atoms with Gasteiger partial charge in [-0.05, 0) is 89.0 Å². The Morgan fingerprint density at radius 2 is 0.702 bits per heavy atom. The molecule has 0 aliphatic rings. The molecule has 6 nitrogen and oxygen atoms in total. The topological polar surface area (TPSA) is 73.7 Å². The van der Waals surface area contributed by atoms with Gasteiger partial charge in [0, 0.05) is 51.0 Å². The Morgan fingerprint density at radius 3 is 1.18 bits per heavy atom. The summed E-state index contributed by atoms with van der Waals surface area (Å²) < 4.78 is 6.36. The zero-order valence-corrected chi connectivity index (χ0v) is 30.7. The van der Waals surface area contributed by atoms with E-state index < -0.39 is 0 Å². The van der Waals surface area contributed by atoms with E-state index in [0.29, 0.717) is 23.2 Å². The first-order valence-electron chi connectivity index (χ1n) is 18.8. The molecule has 0 aliphatic carbocycles. The Morgan fingerprint density at radius 1 is 0.298 bits per heavy atom. The minimum atomic E-state index is 0.596. The summed E-state index contributed by atoms with van der Waals surface area (Å²) in [5.74, 6) is 3.29. The van der Waals surface area contributed by atoms with E-state index >= 15 is 0 Å². The van der Waals surface area contributed by atoms with Gasteiger partial charge in [-0.15, -0.1) is 0 Å². The van der Waals surface area contributed by atoms with Gasteiger partial charge in [-0.25, -0.2) is 15.0 Å². The van der Waals surface area contributed by atoms with Crippen LogP contribution in [-0.4, -0.2) is 24.9 Å². The number of hydrogen-bond acceptors (Lipinski definition) is 6. The number of ether oxygens (including phenoxy) is 1. The van der Waals surface area contributed by atoms with Crippen molar-refractivity contribution in [1.29, 1.82) is 0 Å². The summed E-state index contributed by atoms with van der Waals surface area (Å²) in [5.41, 5.74) is 11.2. The van der Waals surface area contributed by atoms with Crippen molar-refractivity contribution in [1.82, 2.24) is 24.9 Å².